The fourth-order valence-electron chi connectivity index (χ4n) is 2.90. The van der Waals surface area contributed by atoms with Crippen LogP contribution in [0.25, 0.3) is 0 Å². The summed E-state index contributed by atoms with van der Waals surface area (Å²) in [5.74, 6) is -0.0333. The molecule has 2 amide bonds. The van der Waals surface area contributed by atoms with Crippen LogP contribution in [0.5, 0.6) is 0 Å². The van der Waals surface area contributed by atoms with Crippen molar-refractivity contribution in [2.24, 2.45) is 7.05 Å². The van der Waals surface area contributed by atoms with E-state index in [1.54, 1.807) is 55.6 Å². The highest BCUT2D eigenvalue weighted by molar-refractivity contribution is 6.30. The maximum Gasteiger partial charge on any atom is 0.261 e. The van der Waals surface area contributed by atoms with Crippen LogP contribution in [0.4, 0.5) is 11.5 Å². The predicted octanol–water partition coefficient (Wildman–Crippen LogP) is 3.22. The van der Waals surface area contributed by atoms with Crippen molar-refractivity contribution >= 4 is 40.8 Å². The largest absolute Gasteiger partial charge is 0.353 e. The molecule has 1 saturated heterocycles. The number of benzene rings is 2. The van der Waals surface area contributed by atoms with Crippen LogP contribution in [0.15, 0.2) is 54.7 Å². The van der Waals surface area contributed by atoms with Crippen molar-refractivity contribution in [1.82, 2.24) is 14.7 Å². The van der Waals surface area contributed by atoms with Crippen molar-refractivity contribution in [3.63, 3.8) is 0 Å². The minimum Gasteiger partial charge on any atom is -0.353 e. The summed E-state index contributed by atoms with van der Waals surface area (Å²) in [6, 6.07) is 13.5. The molecule has 1 fully saturated rings. The van der Waals surface area contributed by atoms with Crippen LogP contribution in [0.2, 0.25) is 5.02 Å². The number of aromatic nitrogens is 2. The summed E-state index contributed by atoms with van der Waals surface area (Å²) < 4.78 is 1.43. The van der Waals surface area contributed by atoms with Gasteiger partial charge in [-0.1, -0.05) is 23.7 Å². The quantitative estimate of drug-likeness (QED) is 0.333. The van der Waals surface area contributed by atoms with Gasteiger partial charge in [-0.05, 0) is 36.4 Å². The molecule has 2 heterocycles. The summed E-state index contributed by atoms with van der Waals surface area (Å²) in [6.07, 6.45) is 1.40. The maximum absolute atomic E-state index is 12.7. The number of nitrogens with zero attached hydrogens (tertiary/aromatic N) is 3. The molecular formula is C21H19ClN6O2. The molecule has 0 saturated carbocycles. The zero-order valence-corrected chi connectivity index (χ0v) is 16.9. The molecule has 9 heteroatoms. The Kier molecular flexibility index (Phi) is 5.24. The smallest absolute Gasteiger partial charge is 0.261 e. The summed E-state index contributed by atoms with van der Waals surface area (Å²) in [7, 11) is 1.64. The third-order valence-corrected chi connectivity index (χ3v) is 4.95. The molecule has 3 N–H and O–H groups in total. The minimum absolute atomic E-state index is 0.237. The molecule has 152 valence electrons. The molecule has 30 heavy (non-hydrogen) atoms. The van der Waals surface area contributed by atoms with E-state index in [9.17, 15) is 9.59 Å². The van der Waals surface area contributed by atoms with Gasteiger partial charge < -0.3 is 15.5 Å². The highest BCUT2D eigenvalue weighted by Gasteiger charge is 2.22. The van der Waals surface area contributed by atoms with E-state index in [1.165, 1.54) is 10.9 Å². The van der Waals surface area contributed by atoms with Gasteiger partial charge in [0.05, 0.1) is 6.20 Å². The third kappa shape index (κ3) is 4.18. The lowest BCUT2D eigenvalue weighted by Crippen LogP contribution is -2.19. The first-order valence-corrected chi connectivity index (χ1v) is 9.64. The van der Waals surface area contributed by atoms with Crippen LogP contribution in [-0.2, 0) is 7.05 Å². The van der Waals surface area contributed by atoms with Gasteiger partial charge in [0.2, 0.25) is 0 Å². The summed E-state index contributed by atoms with van der Waals surface area (Å²) >= 11 is 5.87. The molecule has 0 aliphatic carbocycles. The van der Waals surface area contributed by atoms with Crippen molar-refractivity contribution in [3.05, 3.63) is 76.4 Å². The lowest BCUT2D eigenvalue weighted by molar-refractivity contribution is 0.102. The van der Waals surface area contributed by atoms with Crippen LogP contribution < -0.4 is 10.6 Å². The van der Waals surface area contributed by atoms with E-state index in [-0.39, 0.29) is 17.3 Å². The maximum atomic E-state index is 12.7. The van der Waals surface area contributed by atoms with E-state index in [4.69, 9.17) is 17.0 Å². The van der Waals surface area contributed by atoms with Gasteiger partial charge in [-0.15, -0.1) is 0 Å². The number of rotatable bonds is 5. The molecule has 4 rings (SSSR count). The first-order chi connectivity index (χ1) is 14.4. The molecule has 0 spiro atoms. The monoisotopic (exact) mass is 422 g/mol. The molecule has 0 bridgehead atoms. The Bertz CT molecular complexity index is 1120. The van der Waals surface area contributed by atoms with E-state index >= 15 is 0 Å². The van der Waals surface area contributed by atoms with Crippen LogP contribution >= 0.6 is 11.6 Å². The van der Waals surface area contributed by atoms with Crippen molar-refractivity contribution in [2.45, 2.75) is 0 Å². The van der Waals surface area contributed by atoms with Gasteiger partial charge in [-0.2, -0.15) is 5.10 Å². The molecule has 3 aromatic rings. The number of carbonyl (C=O) groups excluding carboxylic acids is 2. The Morgan fingerprint density at radius 2 is 1.60 bits per heavy atom. The number of nitrogens with one attached hydrogen (secondary N) is 3. The molecule has 0 radical (unpaired) electrons. The van der Waals surface area contributed by atoms with E-state index in [2.05, 4.69) is 15.7 Å². The van der Waals surface area contributed by atoms with Crippen LogP contribution in [-0.4, -0.2) is 45.4 Å². The Balaban J connectivity index is 1.48. The van der Waals surface area contributed by atoms with Crippen molar-refractivity contribution < 1.29 is 9.59 Å². The lowest BCUT2D eigenvalue weighted by atomic mass is 10.1. The zero-order chi connectivity index (χ0) is 21.3. The zero-order valence-electron chi connectivity index (χ0n) is 16.1. The van der Waals surface area contributed by atoms with Crippen LogP contribution in [0, 0.1) is 5.41 Å². The molecule has 1 aromatic heterocycles. The number of amidine groups is 1. The van der Waals surface area contributed by atoms with Gasteiger partial charge in [-0.3, -0.25) is 19.7 Å². The van der Waals surface area contributed by atoms with Gasteiger partial charge in [0, 0.05) is 42.0 Å². The molecule has 0 atom stereocenters. The van der Waals surface area contributed by atoms with Gasteiger partial charge in [0.15, 0.2) is 0 Å². The van der Waals surface area contributed by atoms with Crippen LogP contribution in [0.1, 0.15) is 26.3 Å². The molecule has 2 aromatic carbocycles. The first kappa shape index (κ1) is 19.7. The van der Waals surface area contributed by atoms with Gasteiger partial charge in [0.1, 0.15) is 17.2 Å². The highest BCUT2D eigenvalue weighted by Crippen LogP contribution is 2.20. The molecule has 8 nitrogen and oxygen atoms in total. The van der Waals surface area contributed by atoms with Gasteiger partial charge in [-0.25, -0.2) is 0 Å². The molecule has 1 aliphatic heterocycles. The Labute approximate surface area is 178 Å². The topological polar surface area (TPSA) is 103 Å². The number of amides is 2. The lowest BCUT2D eigenvalue weighted by Gasteiger charge is -2.10. The van der Waals surface area contributed by atoms with E-state index in [1.807, 2.05) is 4.90 Å². The first-order valence-electron chi connectivity index (χ1n) is 9.26. The summed E-state index contributed by atoms with van der Waals surface area (Å²) in [4.78, 5) is 27.3. The van der Waals surface area contributed by atoms with Crippen molar-refractivity contribution in [2.75, 3.05) is 23.7 Å². The average molecular weight is 423 g/mol. The summed E-state index contributed by atoms with van der Waals surface area (Å²) in [5.41, 5.74) is 1.99. The highest BCUT2D eigenvalue weighted by atomic mass is 35.5. The normalized spacial score (nSPS) is 12.4. The number of halogens is 1. The second-order valence-electron chi connectivity index (χ2n) is 6.86. The molecule has 0 unspecified atom stereocenters. The van der Waals surface area contributed by atoms with Gasteiger partial charge in [0.25, 0.3) is 11.8 Å². The Morgan fingerprint density at radius 1 is 0.967 bits per heavy atom. The van der Waals surface area contributed by atoms with Gasteiger partial charge >= 0.3 is 0 Å². The van der Waals surface area contributed by atoms with Crippen molar-refractivity contribution in [3.8, 4) is 0 Å². The second kappa shape index (κ2) is 8.00. The van der Waals surface area contributed by atoms with E-state index in [0.29, 0.717) is 22.1 Å². The number of aryl methyl sites for hydroxylation is 1. The second-order valence-corrected chi connectivity index (χ2v) is 7.30. The minimum atomic E-state index is -0.400. The SMILES string of the molecule is Cn1ncc(C(=O)Nc2ccc(Cl)cc2)c1NC(=O)c1ccc(C(=N)N2CC2)cc1. The fraction of sp³-hybridized carbons (Fsp3) is 0.143. The fourth-order valence-corrected chi connectivity index (χ4v) is 3.02. The number of hydrogen-bond donors (Lipinski definition) is 3. The van der Waals surface area contributed by atoms with E-state index in [0.717, 1.165) is 18.7 Å². The molecule has 1 aliphatic rings. The predicted molar refractivity (Wildman–Crippen MR) is 115 cm³/mol. The van der Waals surface area contributed by atoms with Crippen molar-refractivity contribution in [1.29, 1.82) is 5.41 Å². The number of anilines is 2. The molecular weight excluding hydrogens is 404 g/mol. The average Bonchev–Trinajstić information content (AvgIpc) is 3.53. The number of hydrogen-bond acceptors (Lipinski definition) is 4. The Morgan fingerprint density at radius 3 is 2.23 bits per heavy atom. The number of carbonyl (C=O) groups is 2. The summed E-state index contributed by atoms with van der Waals surface area (Å²) in [6.45, 7) is 1.78. The van der Waals surface area contributed by atoms with E-state index < -0.39 is 5.91 Å². The Hall–Kier alpha value is -3.65. The summed E-state index contributed by atoms with van der Waals surface area (Å²) in [5, 5.41) is 18.2. The standard InChI is InChI=1S/C21H19ClN6O2/c1-27-19(17(12-24-27)21(30)25-16-8-6-15(22)7-9-16)26-20(29)14-4-2-13(3-5-14)18(23)28-10-11-28/h2-9,12,23H,10-11H2,1H3,(H,25,30)(H,26,29). The van der Waals surface area contributed by atoms with Crippen LogP contribution in [0.3, 0.4) is 0 Å². The third-order valence-electron chi connectivity index (χ3n) is 4.70.